The number of aliphatic hydroxyl groups is 1. The van der Waals surface area contributed by atoms with Crippen molar-refractivity contribution in [3.8, 4) is 11.6 Å². The molecule has 6 rings (SSSR count). The average molecular weight is 637 g/mol. The summed E-state index contributed by atoms with van der Waals surface area (Å²) in [6.45, 7) is 4.08. The third-order valence-electron chi connectivity index (χ3n) is 8.72. The molecular weight excluding hydrogens is 596 g/mol. The molecule has 1 aromatic carbocycles. The summed E-state index contributed by atoms with van der Waals surface area (Å²) in [6, 6.07) is 8.09. The molecule has 236 valence electrons. The van der Waals surface area contributed by atoms with Crippen LogP contribution in [0.5, 0.6) is 11.6 Å². The fourth-order valence-corrected chi connectivity index (χ4v) is 9.21. The van der Waals surface area contributed by atoms with Crippen LogP contribution in [0, 0.1) is 0 Å². The van der Waals surface area contributed by atoms with Crippen LogP contribution in [0.25, 0.3) is 0 Å². The van der Waals surface area contributed by atoms with Crippen molar-refractivity contribution in [1.29, 1.82) is 0 Å². The maximum absolute atomic E-state index is 13.5. The molecule has 2 aromatic rings. The van der Waals surface area contributed by atoms with Gasteiger partial charge < -0.3 is 29.5 Å². The van der Waals surface area contributed by atoms with Gasteiger partial charge in [0.05, 0.1) is 35.1 Å². The van der Waals surface area contributed by atoms with Gasteiger partial charge in [0.15, 0.2) is 9.84 Å². The Bertz CT molecular complexity index is 1540. The van der Waals surface area contributed by atoms with Gasteiger partial charge in [-0.3, -0.25) is 0 Å². The zero-order valence-corrected chi connectivity index (χ0v) is 26.1. The summed E-state index contributed by atoms with van der Waals surface area (Å²) < 4.78 is 71.1. The number of anilines is 1. The molecule has 3 atom stereocenters. The van der Waals surface area contributed by atoms with E-state index in [9.17, 15) is 21.9 Å². The number of sulfone groups is 1. The molecule has 0 radical (unpaired) electrons. The number of nitrogens with one attached hydrogen (secondary N) is 1. The van der Waals surface area contributed by atoms with Crippen LogP contribution in [0.2, 0.25) is 0 Å². The molecule has 1 unspecified atom stereocenters. The van der Waals surface area contributed by atoms with Gasteiger partial charge in [0.1, 0.15) is 35.1 Å². The van der Waals surface area contributed by atoms with Crippen LogP contribution in [-0.4, -0.2) is 107 Å². The van der Waals surface area contributed by atoms with Gasteiger partial charge in [-0.15, -0.1) is 0 Å². The predicted octanol–water partition coefficient (Wildman–Crippen LogP) is 1.58. The topological polar surface area (TPSA) is 148 Å². The van der Waals surface area contributed by atoms with E-state index in [1.54, 1.807) is 24.3 Å². The first-order chi connectivity index (χ1) is 20.4. The smallest absolute Gasteiger partial charge is 0.244 e. The Kier molecular flexibility index (Phi) is 8.37. The minimum Gasteiger partial charge on any atom is -0.491 e. The van der Waals surface area contributed by atoms with Gasteiger partial charge in [-0.05, 0) is 63.3 Å². The van der Waals surface area contributed by atoms with Crippen molar-refractivity contribution in [2.24, 2.45) is 0 Å². The molecular formula is C29H40N4O8S2. The highest BCUT2D eigenvalue weighted by Gasteiger charge is 2.45. The Labute approximate surface area is 253 Å². The zero-order valence-electron chi connectivity index (χ0n) is 24.5. The summed E-state index contributed by atoms with van der Waals surface area (Å²) in [7, 11) is -5.13. The minimum absolute atomic E-state index is 0.0178. The third kappa shape index (κ3) is 6.50. The second-order valence-corrected chi connectivity index (χ2v) is 16.4. The average Bonchev–Trinajstić information content (AvgIpc) is 3.78. The summed E-state index contributed by atoms with van der Waals surface area (Å²) in [5.74, 6) is 0.854. The summed E-state index contributed by atoms with van der Waals surface area (Å²) in [4.78, 5) is 6.67. The number of aromatic nitrogens is 1. The lowest BCUT2D eigenvalue weighted by Crippen LogP contribution is -2.47. The van der Waals surface area contributed by atoms with Gasteiger partial charge in [0.2, 0.25) is 15.9 Å². The largest absolute Gasteiger partial charge is 0.491 e. The van der Waals surface area contributed by atoms with Gasteiger partial charge in [-0.1, -0.05) is 6.07 Å². The first-order valence-electron chi connectivity index (χ1n) is 14.9. The number of likely N-dealkylation sites (N-methyl/N-ethyl adjacent to an activating group) is 1. The van der Waals surface area contributed by atoms with Crippen LogP contribution in [0.3, 0.4) is 0 Å². The predicted molar refractivity (Wildman–Crippen MR) is 159 cm³/mol. The van der Waals surface area contributed by atoms with Crippen LogP contribution < -0.4 is 19.7 Å². The molecule has 4 heterocycles. The van der Waals surface area contributed by atoms with Gasteiger partial charge in [-0.2, -0.15) is 4.31 Å². The second-order valence-electron chi connectivity index (χ2n) is 12.2. The third-order valence-corrected chi connectivity index (χ3v) is 12.8. The first-order valence-corrected chi connectivity index (χ1v) is 17.8. The number of aliphatic hydroxyl groups excluding tert-OH is 1. The van der Waals surface area contributed by atoms with Crippen LogP contribution >= 0.6 is 0 Å². The molecule has 3 aliphatic heterocycles. The SMILES string of the molecule is C[C@H]1CN(C)c2cc(S(=O)(=O)N3CCC4(CC3)C[C@@H](NCC(O)COc3cccc(S(=O)(=O)C5CC5)c3)CO4)cnc2O1. The van der Waals surface area contributed by atoms with Gasteiger partial charge in [0.25, 0.3) is 0 Å². The lowest BCUT2D eigenvalue weighted by molar-refractivity contribution is -0.0312. The van der Waals surface area contributed by atoms with Crippen molar-refractivity contribution in [2.75, 3.05) is 51.3 Å². The number of fused-ring (bicyclic) bond motifs is 1. The summed E-state index contributed by atoms with van der Waals surface area (Å²) in [5, 5.41) is 13.6. The van der Waals surface area contributed by atoms with Gasteiger partial charge >= 0.3 is 0 Å². The van der Waals surface area contributed by atoms with E-state index >= 15 is 0 Å². The van der Waals surface area contributed by atoms with Crippen LogP contribution in [0.4, 0.5) is 5.69 Å². The molecule has 4 aliphatic rings. The van der Waals surface area contributed by atoms with E-state index in [1.165, 1.54) is 16.6 Å². The normalized spacial score (nSPS) is 24.9. The fraction of sp³-hybridized carbons (Fsp3) is 0.621. The number of benzene rings is 1. The molecule has 2 N–H and O–H groups in total. The molecule has 2 saturated heterocycles. The van der Waals surface area contributed by atoms with E-state index < -0.39 is 31.6 Å². The standard InChI is InChI=1S/C29H40N4O8S2/c1-20-17-32(2)27-13-26(16-31-28(27)41-20)43(37,38)33-10-8-29(9-11-33)14-21(18-40-29)30-15-22(34)19-39-23-4-3-5-25(12-23)42(35,36)24-6-7-24/h3-5,12-13,16,20-22,24,30,34H,6-11,14-15,17-19H2,1-2H3/t20-,21+,22?/m0/s1. The number of piperidine rings is 1. The van der Waals surface area contributed by atoms with E-state index in [0.717, 1.165) is 6.42 Å². The van der Waals surface area contributed by atoms with E-state index in [1.807, 2.05) is 18.9 Å². The molecule has 14 heteroatoms. The quantitative estimate of drug-likeness (QED) is 0.392. The highest BCUT2D eigenvalue weighted by atomic mass is 32.2. The van der Waals surface area contributed by atoms with E-state index in [0.29, 0.717) is 69.2 Å². The number of nitrogens with zero attached hydrogens (tertiary/aromatic N) is 3. The maximum atomic E-state index is 13.5. The van der Waals surface area contributed by atoms with E-state index in [4.69, 9.17) is 14.2 Å². The van der Waals surface area contributed by atoms with Crippen molar-refractivity contribution >= 4 is 25.5 Å². The van der Waals surface area contributed by atoms with Crippen LogP contribution in [0.1, 0.15) is 39.0 Å². The molecule has 0 bridgehead atoms. The van der Waals surface area contributed by atoms with E-state index in [-0.39, 0.29) is 40.3 Å². The number of pyridine rings is 1. The lowest BCUT2D eigenvalue weighted by atomic mass is 9.88. The van der Waals surface area contributed by atoms with Crippen molar-refractivity contribution in [1.82, 2.24) is 14.6 Å². The molecule has 3 fully saturated rings. The monoisotopic (exact) mass is 636 g/mol. The Balaban J connectivity index is 0.970. The molecule has 0 amide bonds. The molecule has 1 aliphatic carbocycles. The highest BCUT2D eigenvalue weighted by Crippen LogP contribution is 2.39. The Morgan fingerprint density at radius 1 is 1.16 bits per heavy atom. The maximum Gasteiger partial charge on any atom is 0.244 e. The molecule has 1 saturated carbocycles. The summed E-state index contributed by atoms with van der Waals surface area (Å²) in [5.41, 5.74) is 0.264. The number of sulfonamides is 1. The Morgan fingerprint density at radius 3 is 2.67 bits per heavy atom. The van der Waals surface area contributed by atoms with Crippen molar-refractivity contribution in [3.63, 3.8) is 0 Å². The number of hydrogen-bond acceptors (Lipinski definition) is 11. The van der Waals surface area contributed by atoms with Crippen molar-refractivity contribution < 1.29 is 36.2 Å². The number of ether oxygens (including phenoxy) is 3. The lowest BCUT2D eigenvalue weighted by Gasteiger charge is -2.38. The first kappa shape index (κ1) is 30.5. The molecule has 1 aromatic heterocycles. The Hall–Kier alpha value is -2.49. The minimum atomic E-state index is -3.72. The number of rotatable bonds is 10. The Morgan fingerprint density at radius 2 is 1.93 bits per heavy atom. The highest BCUT2D eigenvalue weighted by molar-refractivity contribution is 7.92. The fourth-order valence-electron chi connectivity index (χ4n) is 6.11. The van der Waals surface area contributed by atoms with E-state index in [2.05, 4.69) is 10.3 Å². The van der Waals surface area contributed by atoms with Gasteiger partial charge in [0, 0.05) is 32.7 Å². The van der Waals surface area contributed by atoms with Crippen molar-refractivity contribution in [2.45, 2.75) is 77.9 Å². The van der Waals surface area contributed by atoms with Crippen LogP contribution in [-0.2, 0) is 24.6 Å². The zero-order chi connectivity index (χ0) is 30.4. The second kappa shape index (κ2) is 11.8. The number of hydrogen-bond donors (Lipinski definition) is 2. The van der Waals surface area contributed by atoms with Crippen molar-refractivity contribution in [3.05, 3.63) is 36.5 Å². The summed E-state index contributed by atoms with van der Waals surface area (Å²) in [6.07, 6.45) is 3.82. The molecule has 12 nitrogen and oxygen atoms in total. The molecule has 43 heavy (non-hydrogen) atoms. The van der Waals surface area contributed by atoms with Crippen LogP contribution in [0.15, 0.2) is 46.3 Å². The van der Waals surface area contributed by atoms with Gasteiger partial charge in [-0.25, -0.2) is 21.8 Å². The molecule has 1 spiro atoms. The summed E-state index contributed by atoms with van der Waals surface area (Å²) >= 11 is 0.